The van der Waals surface area contributed by atoms with E-state index in [1.54, 1.807) is 19.9 Å². The van der Waals surface area contributed by atoms with Crippen LogP contribution in [0.2, 0.25) is 0 Å². The zero-order valence-electron chi connectivity index (χ0n) is 10.1. The van der Waals surface area contributed by atoms with Crippen molar-refractivity contribution in [1.82, 2.24) is 0 Å². The van der Waals surface area contributed by atoms with Crippen molar-refractivity contribution in [3.63, 3.8) is 0 Å². The lowest BCUT2D eigenvalue weighted by molar-refractivity contribution is -0.138. The van der Waals surface area contributed by atoms with E-state index in [1.165, 1.54) is 12.2 Å². The molecule has 0 atom stereocenters. The van der Waals surface area contributed by atoms with Crippen LogP contribution in [0.4, 0.5) is 0 Å². The zero-order valence-corrected chi connectivity index (χ0v) is 10.1. The van der Waals surface area contributed by atoms with E-state index in [9.17, 15) is 9.59 Å². The molecule has 16 heavy (non-hydrogen) atoms. The van der Waals surface area contributed by atoms with Gasteiger partial charge in [-0.05, 0) is 20.3 Å². The molecule has 0 aliphatic carbocycles. The highest BCUT2D eigenvalue weighted by molar-refractivity contribution is 5.81. The highest BCUT2D eigenvalue weighted by atomic mass is 16.5. The first-order valence-corrected chi connectivity index (χ1v) is 5.23. The Morgan fingerprint density at radius 3 is 2.06 bits per heavy atom. The number of esters is 1. The number of aliphatic carboxylic acids is 1. The second kappa shape index (κ2) is 13.4. The zero-order chi connectivity index (χ0) is 12.8. The molecule has 0 saturated heterocycles. The molecule has 0 bridgehead atoms. The van der Waals surface area contributed by atoms with E-state index in [0.29, 0.717) is 6.61 Å². The standard InChI is InChI=1S/C8H14O2.C4H6O2/c1-3-5-7-10-8(9)6-4-2;1-2-3-4(5)6/h4,6H,3,5,7H2,1-2H3;2-3H,1H3,(H,5,6)/b6-4+;. The van der Waals surface area contributed by atoms with E-state index < -0.39 is 5.97 Å². The van der Waals surface area contributed by atoms with Crippen LogP contribution in [0.15, 0.2) is 24.3 Å². The van der Waals surface area contributed by atoms with Crippen LogP contribution in [-0.2, 0) is 14.3 Å². The average molecular weight is 228 g/mol. The molecule has 0 aliphatic heterocycles. The van der Waals surface area contributed by atoms with Gasteiger partial charge < -0.3 is 9.84 Å². The van der Waals surface area contributed by atoms with Crippen molar-refractivity contribution in [3.05, 3.63) is 24.3 Å². The van der Waals surface area contributed by atoms with Crippen molar-refractivity contribution in [2.24, 2.45) is 0 Å². The summed E-state index contributed by atoms with van der Waals surface area (Å²) in [6.45, 7) is 6.05. The van der Waals surface area contributed by atoms with Crippen molar-refractivity contribution < 1.29 is 19.4 Å². The number of hydrogen-bond acceptors (Lipinski definition) is 3. The van der Waals surface area contributed by atoms with Gasteiger partial charge in [-0.15, -0.1) is 0 Å². The van der Waals surface area contributed by atoms with Gasteiger partial charge in [0.25, 0.3) is 0 Å². The average Bonchev–Trinajstić information content (AvgIpc) is 2.19. The van der Waals surface area contributed by atoms with Gasteiger partial charge in [0.05, 0.1) is 6.61 Å². The third-order valence-corrected chi connectivity index (χ3v) is 1.35. The molecule has 0 amide bonds. The summed E-state index contributed by atoms with van der Waals surface area (Å²) < 4.78 is 4.80. The Morgan fingerprint density at radius 2 is 1.75 bits per heavy atom. The van der Waals surface area contributed by atoms with Gasteiger partial charge in [0.1, 0.15) is 0 Å². The van der Waals surface area contributed by atoms with Gasteiger partial charge in [-0.25, -0.2) is 9.59 Å². The monoisotopic (exact) mass is 228 g/mol. The maximum Gasteiger partial charge on any atom is 0.330 e. The number of unbranched alkanes of at least 4 members (excludes halogenated alkanes) is 1. The maximum absolute atomic E-state index is 10.6. The SMILES string of the molecule is C/C=C/C(=O)OCCCC.CC=CC(=O)O. The molecule has 92 valence electrons. The third-order valence-electron chi connectivity index (χ3n) is 1.35. The van der Waals surface area contributed by atoms with Crippen LogP contribution in [0.25, 0.3) is 0 Å². The Labute approximate surface area is 96.6 Å². The lowest BCUT2D eigenvalue weighted by Crippen LogP contribution is -2.01. The van der Waals surface area contributed by atoms with E-state index in [-0.39, 0.29) is 5.97 Å². The lowest BCUT2D eigenvalue weighted by Gasteiger charge is -1.97. The van der Waals surface area contributed by atoms with Crippen LogP contribution >= 0.6 is 0 Å². The van der Waals surface area contributed by atoms with Crippen molar-refractivity contribution in [2.75, 3.05) is 6.61 Å². The van der Waals surface area contributed by atoms with Crippen LogP contribution < -0.4 is 0 Å². The minimum absolute atomic E-state index is 0.240. The summed E-state index contributed by atoms with van der Waals surface area (Å²) in [4.78, 5) is 20.1. The van der Waals surface area contributed by atoms with E-state index in [2.05, 4.69) is 6.92 Å². The Kier molecular flexibility index (Phi) is 14.1. The second-order valence-electron chi connectivity index (χ2n) is 2.86. The van der Waals surface area contributed by atoms with Crippen LogP contribution in [0.1, 0.15) is 33.6 Å². The smallest absolute Gasteiger partial charge is 0.330 e. The molecule has 0 heterocycles. The second-order valence-corrected chi connectivity index (χ2v) is 2.86. The minimum Gasteiger partial charge on any atom is -0.478 e. The van der Waals surface area contributed by atoms with Crippen molar-refractivity contribution >= 4 is 11.9 Å². The summed E-state index contributed by atoms with van der Waals surface area (Å²) in [7, 11) is 0. The molecule has 0 fully saturated rings. The van der Waals surface area contributed by atoms with Crippen LogP contribution in [0.3, 0.4) is 0 Å². The summed E-state index contributed by atoms with van der Waals surface area (Å²) in [6.07, 6.45) is 7.67. The first-order valence-electron chi connectivity index (χ1n) is 5.23. The number of carbonyl (C=O) groups is 2. The molecule has 0 rings (SSSR count). The predicted octanol–water partition coefficient (Wildman–Crippen LogP) is 2.55. The molecule has 4 heteroatoms. The molecule has 0 aromatic heterocycles. The molecule has 0 radical (unpaired) electrons. The topological polar surface area (TPSA) is 63.6 Å². The van der Waals surface area contributed by atoms with Gasteiger partial charge >= 0.3 is 11.9 Å². The summed E-state index contributed by atoms with van der Waals surface area (Å²) in [5.74, 6) is -1.13. The minimum atomic E-state index is -0.891. The number of hydrogen-bond donors (Lipinski definition) is 1. The van der Waals surface area contributed by atoms with Gasteiger partial charge in [0, 0.05) is 12.2 Å². The highest BCUT2D eigenvalue weighted by Crippen LogP contribution is 1.89. The summed E-state index contributed by atoms with van der Waals surface area (Å²) in [6, 6.07) is 0. The molecular weight excluding hydrogens is 208 g/mol. The fourth-order valence-electron chi connectivity index (χ4n) is 0.644. The van der Waals surface area contributed by atoms with Crippen molar-refractivity contribution in [1.29, 1.82) is 0 Å². The molecule has 0 spiro atoms. The first-order chi connectivity index (χ1) is 7.58. The van der Waals surface area contributed by atoms with Gasteiger partial charge in [0.2, 0.25) is 0 Å². The van der Waals surface area contributed by atoms with Crippen molar-refractivity contribution in [2.45, 2.75) is 33.6 Å². The Bertz CT molecular complexity index is 241. The number of rotatable bonds is 5. The fraction of sp³-hybridized carbons (Fsp3) is 0.500. The lowest BCUT2D eigenvalue weighted by atomic mass is 10.4. The van der Waals surface area contributed by atoms with Gasteiger partial charge in [-0.2, -0.15) is 0 Å². The van der Waals surface area contributed by atoms with Crippen molar-refractivity contribution in [3.8, 4) is 0 Å². The summed E-state index contributed by atoms with van der Waals surface area (Å²) in [5.41, 5.74) is 0. The van der Waals surface area contributed by atoms with E-state index in [1.807, 2.05) is 0 Å². The van der Waals surface area contributed by atoms with Crippen LogP contribution in [-0.4, -0.2) is 23.7 Å². The number of carbonyl (C=O) groups excluding carboxylic acids is 1. The van der Waals surface area contributed by atoms with Crippen LogP contribution in [0.5, 0.6) is 0 Å². The largest absolute Gasteiger partial charge is 0.478 e. The maximum atomic E-state index is 10.6. The molecule has 0 unspecified atom stereocenters. The molecule has 0 saturated carbocycles. The molecule has 0 aliphatic rings. The molecule has 0 aromatic rings. The van der Waals surface area contributed by atoms with E-state index in [4.69, 9.17) is 9.84 Å². The molecule has 4 nitrogen and oxygen atoms in total. The Morgan fingerprint density at radius 1 is 1.19 bits per heavy atom. The predicted molar refractivity (Wildman–Crippen MR) is 63.1 cm³/mol. The van der Waals surface area contributed by atoms with E-state index >= 15 is 0 Å². The van der Waals surface area contributed by atoms with Crippen LogP contribution in [0, 0.1) is 0 Å². The number of ether oxygens (including phenoxy) is 1. The molecule has 1 N–H and O–H groups in total. The summed E-state index contributed by atoms with van der Waals surface area (Å²) >= 11 is 0. The number of carboxylic acid groups (broad SMARTS) is 1. The quantitative estimate of drug-likeness (QED) is 0.446. The Balaban J connectivity index is 0. The Hall–Kier alpha value is -1.58. The summed E-state index contributed by atoms with van der Waals surface area (Å²) in [5, 5.41) is 7.83. The van der Waals surface area contributed by atoms with E-state index in [0.717, 1.165) is 18.9 Å². The fourth-order valence-corrected chi connectivity index (χ4v) is 0.644. The first kappa shape index (κ1) is 16.8. The molecular formula is C12H20O4. The van der Waals surface area contributed by atoms with Gasteiger partial charge in [-0.3, -0.25) is 0 Å². The highest BCUT2D eigenvalue weighted by Gasteiger charge is 1.92. The number of carboxylic acids is 1. The molecule has 0 aromatic carbocycles. The van der Waals surface area contributed by atoms with Gasteiger partial charge in [0.15, 0.2) is 0 Å². The number of allylic oxidation sites excluding steroid dienone is 2. The third kappa shape index (κ3) is 18.3. The normalized spacial score (nSPS) is 9.94. The van der Waals surface area contributed by atoms with Gasteiger partial charge in [-0.1, -0.05) is 25.5 Å².